The highest BCUT2D eigenvalue weighted by molar-refractivity contribution is 7.92. The number of hydrogen-bond donors (Lipinski definition) is 1. The summed E-state index contributed by atoms with van der Waals surface area (Å²) in [7, 11) is -3.12. The molecule has 0 saturated carbocycles. The molecule has 64 valence electrons. The third kappa shape index (κ3) is 1.06. The number of aryl methyl sites for hydroxylation is 1. The summed E-state index contributed by atoms with van der Waals surface area (Å²) >= 11 is 0. The smallest absolute Gasteiger partial charge is 0.237 e. The standard InChI is InChI=1S/C7H8N2O2S/c1-5-6-4-12(10,11)9-7(6)2-3-8-5/h2-3,9H,4H2,1H3. The highest BCUT2D eigenvalue weighted by Gasteiger charge is 2.24. The number of rotatable bonds is 0. The summed E-state index contributed by atoms with van der Waals surface area (Å²) in [6.07, 6.45) is 1.60. The molecule has 5 heteroatoms. The molecule has 0 aliphatic carbocycles. The number of anilines is 1. The SMILES string of the molecule is Cc1nccc2c1CS(=O)(=O)N2. The monoisotopic (exact) mass is 184 g/mol. The van der Waals surface area contributed by atoms with Gasteiger partial charge in [-0.25, -0.2) is 8.42 Å². The van der Waals surface area contributed by atoms with Crippen LogP contribution in [0.1, 0.15) is 11.3 Å². The van der Waals surface area contributed by atoms with Gasteiger partial charge in [0.2, 0.25) is 10.0 Å². The highest BCUT2D eigenvalue weighted by atomic mass is 32.2. The molecule has 12 heavy (non-hydrogen) atoms. The number of nitrogens with zero attached hydrogens (tertiary/aromatic N) is 1. The molecule has 1 aliphatic heterocycles. The molecule has 0 atom stereocenters. The third-order valence-electron chi connectivity index (χ3n) is 1.87. The van der Waals surface area contributed by atoms with Gasteiger partial charge >= 0.3 is 0 Å². The fourth-order valence-corrected chi connectivity index (χ4v) is 2.61. The molecule has 0 aromatic carbocycles. The van der Waals surface area contributed by atoms with Crippen molar-refractivity contribution in [1.82, 2.24) is 4.98 Å². The number of pyridine rings is 1. The molecule has 4 nitrogen and oxygen atoms in total. The minimum atomic E-state index is -3.12. The number of nitrogens with one attached hydrogen (secondary N) is 1. The van der Waals surface area contributed by atoms with Crippen LogP contribution in [0.2, 0.25) is 0 Å². The lowest BCUT2D eigenvalue weighted by molar-refractivity contribution is 0.602. The second-order valence-corrected chi connectivity index (χ2v) is 4.51. The van der Waals surface area contributed by atoms with E-state index < -0.39 is 10.0 Å². The van der Waals surface area contributed by atoms with Crippen molar-refractivity contribution in [1.29, 1.82) is 0 Å². The van der Waals surface area contributed by atoms with Gasteiger partial charge in [0.1, 0.15) is 0 Å². The van der Waals surface area contributed by atoms with Gasteiger partial charge in [0.05, 0.1) is 11.4 Å². The van der Waals surface area contributed by atoms with Crippen LogP contribution < -0.4 is 4.72 Å². The molecule has 0 fully saturated rings. The maximum atomic E-state index is 11.1. The summed E-state index contributed by atoms with van der Waals surface area (Å²) in [5.41, 5.74) is 2.24. The summed E-state index contributed by atoms with van der Waals surface area (Å²) in [5.74, 6) is 0.0575. The van der Waals surface area contributed by atoms with Crippen molar-refractivity contribution in [3.8, 4) is 0 Å². The molecule has 0 radical (unpaired) electrons. The van der Waals surface area contributed by atoms with Gasteiger partial charge in [0.15, 0.2) is 0 Å². The van der Waals surface area contributed by atoms with Gasteiger partial charge in [0, 0.05) is 17.5 Å². The Morgan fingerprint density at radius 1 is 1.58 bits per heavy atom. The second-order valence-electron chi connectivity index (χ2n) is 2.78. The van der Waals surface area contributed by atoms with Crippen molar-refractivity contribution in [3.63, 3.8) is 0 Å². The molecule has 0 spiro atoms. The first-order valence-electron chi connectivity index (χ1n) is 3.53. The molecule has 0 unspecified atom stereocenters. The molecule has 2 heterocycles. The zero-order valence-electron chi connectivity index (χ0n) is 6.53. The van der Waals surface area contributed by atoms with Crippen LogP contribution in [0, 0.1) is 6.92 Å². The van der Waals surface area contributed by atoms with Gasteiger partial charge in [0.25, 0.3) is 0 Å². The largest absolute Gasteiger partial charge is 0.283 e. The lowest BCUT2D eigenvalue weighted by atomic mass is 10.2. The van der Waals surface area contributed by atoms with Gasteiger partial charge in [-0.3, -0.25) is 9.71 Å². The van der Waals surface area contributed by atoms with E-state index in [1.165, 1.54) is 0 Å². The first-order chi connectivity index (χ1) is 5.58. The van der Waals surface area contributed by atoms with Crippen LogP contribution in [0.5, 0.6) is 0 Å². The molecule has 2 rings (SSSR count). The maximum absolute atomic E-state index is 11.1. The average molecular weight is 184 g/mol. The molecule has 0 amide bonds. The topological polar surface area (TPSA) is 59.1 Å². The molecule has 1 aromatic heterocycles. The lowest BCUT2D eigenvalue weighted by Crippen LogP contribution is -2.05. The lowest BCUT2D eigenvalue weighted by Gasteiger charge is -1.97. The Morgan fingerprint density at radius 3 is 3.00 bits per heavy atom. The van der Waals surface area contributed by atoms with E-state index in [4.69, 9.17) is 0 Å². The van der Waals surface area contributed by atoms with Crippen molar-refractivity contribution in [2.24, 2.45) is 0 Å². The van der Waals surface area contributed by atoms with Gasteiger partial charge in [-0.15, -0.1) is 0 Å². The molecule has 0 saturated heterocycles. The first kappa shape index (κ1) is 7.54. The van der Waals surface area contributed by atoms with Crippen molar-refractivity contribution >= 4 is 15.7 Å². The van der Waals surface area contributed by atoms with Gasteiger partial charge < -0.3 is 0 Å². The zero-order valence-corrected chi connectivity index (χ0v) is 7.35. The second kappa shape index (κ2) is 2.20. The quantitative estimate of drug-likeness (QED) is 0.643. The summed E-state index contributed by atoms with van der Waals surface area (Å²) in [6, 6.07) is 1.67. The van der Waals surface area contributed by atoms with Crippen molar-refractivity contribution in [3.05, 3.63) is 23.5 Å². The van der Waals surface area contributed by atoms with Crippen LogP contribution in [0.25, 0.3) is 0 Å². The van der Waals surface area contributed by atoms with Gasteiger partial charge in [-0.05, 0) is 13.0 Å². The Morgan fingerprint density at radius 2 is 2.33 bits per heavy atom. The van der Waals surface area contributed by atoms with Crippen LogP contribution in [0.15, 0.2) is 12.3 Å². The summed E-state index contributed by atoms with van der Waals surface area (Å²) < 4.78 is 24.6. The Balaban J connectivity index is 2.63. The molecule has 0 bridgehead atoms. The molecular formula is C7H8N2O2S. The van der Waals surface area contributed by atoms with Crippen LogP contribution in [0.3, 0.4) is 0 Å². The minimum Gasteiger partial charge on any atom is -0.283 e. The van der Waals surface area contributed by atoms with Crippen molar-refractivity contribution < 1.29 is 8.42 Å². The van der Waals surface area contributed by atoms with E-state index in [1.807, 2.05) is 0 Å². The Hall–Kier alpha value is -1.10. The fraction of sp³-hybridized carbons (Fsp3) is 0.286. The number of fused-ring (bicyclic) bond motifs is 1. The van der Waals surface area contributed by atoms with E-state index in [0.29, 0.717) is 5.69 Å². The van der Waals surface area contributed by atoms with E-state index in [-0.39, 0.29) is 5.75 Å². The minimum absolute atomic E-state index is 0.0575. The average Bonchev–Trinajstić information content (AvgIpc) is 2.25. The summed E-state index contributed by atoms with van der Waals surface area (Å²) in [6.45, 7) is 1.81. The molecule has 1 N–H and O–H groups in total. The van der Waals surface area contributed by atoms with Gasteiger partial charge in [-0.2, -0.15) is 0 Å². The number of hydrogen-bond acceptors (Lipinski definition) is 3. The van der Waals surface area contributed by atoms with Crippen molar-refractivity contribution in [2.45, 2.75) is 12.7 Å². The normalized spacial score (nSPS) is 18.4. The van der Waals surface area contributed by atoms with E-state index >= 15 is 0 Å². The predicted molar refractivity (Wildman–Crippen MR) is 45.2 cm³/mol. The van der Waals surface area contributed by atoms with Crippen LogP contribution in [0.4, 0.5) is 5.69 Å². The summed E-state index contributed by atoms with van der Waals surface area (Å²) in [5, 5.41) is 0. The first-order valence-corrected chi connectivity index (χ1v) is 5.19. The number of sulfonamides is 1. The highest BCUT2D eigenvalue weighted by Crippen LogP contribution is 2.27. The van der Waals surface area contributed by atoms with E-state index in [9.17, 15) is 8.42 Å². The maximum Gasteiger partial charge on any atom is 0.237 e. The summed E-state index contributed by atoms with van der Waals surface area (Å²) in [4.78, 5) is 4.01. The fourth-order valence-electron chi connectivity index (χ4n) is 1.27. The van der Waals surface area contributed by atoms with Crippen molar-refractivity contribution in [2.75, 3.05) is 4.72 Å². The molecule has 1 aliphatic rings. The van der Waals surface area contributed by atoms with Crippen LogP contribution >= 0.6 is 0 Å². The zero-order chi connectivity index (χ0) is 8.77. The predicted octanol–water partition coefficient (Wildman–Crippen LogP) is 0.645. The molecule has 1 aromatic rings. The Bertz CT molecular complexity index is 425. The Labute approximate surface area is 70.7 Å². The molecular weight excluding hydrogens is 176 g/mol. The van der Waals surface area contributed by atoms with E-state index in [0.717, 1.165) is 11.3 Å². The van der Waals surface area contributed by atoms with E-state index in [2.05, 4.69) is 9.71 Å². The van der Waals surface area contributed by atoms with Crippen LogP contribution in [-0.2, 0) is 15.8 Å². The van der Waals surface area contributed by atoms with Crippen LogP contribution in [-0.4, -0.2) is 13.4 Å². The van der Waals surface area contributed by atoms with Gasteiger partial charge in [-0.1, -0.05) is 0 Å². The van der Waals surface area contributed by atoms with E-state index in [1.54, 1.807) is 19.2 Å². The third-order valence-corrected chi connectivity index (χ3v) is 3.07. The Kier molecular flexibility index (Phi) is 1.38. The number of aromatic nitrogens is 1.